The number of rotatable bonds is 7. The van der Waals surface area contributed by atoms with E-state index in [4.69, 9.17) is 0 Å². The molecule has 1 aliphatic heterocycles. The molecule has 0 radical (unpaired) electrons. The van der Waals surface area contributed by atoms with E-state index in [2.05, 4.69) is 24.1 Å². The van der Waals surface area contributed by atoms with Gasteiger partial charge in [0.15, 0.2) is 0 Å². The van der Waals surface area contributed by atoms with Crippen LogP contribution in [0.4, 0.5) is 0 Å². The highest BCUT2D eigenvalue weighted by Crippen LogP contribution is 2.10. The van der Waals surface area contributed by atoms with Crippen molar-refractivity contribution in [1.29, 1.82) is 0 Å². The number of hydrogen-bond acceptors (Lipinski definition) is 2. The quantitative estimate of drug-likeness (QED) is 0.631. The summed E-state index contributed by atoms with van der Waals surface area (Å²) < 4.78 is 0. The van der Waals surface area contributed by atoms with Crippen molar-refractivity contribution in [3.05, 3.63) is 0 Å². The van der Waals surface area contributed by atoms with Crippen molar-refractivity contribution in [2.75, 3.05) is 26.2 Å². The summed E-state index contributed by atoms with van der Waals surface area (Å²) in [6.45, 7) is 9.61. The van der Waals surface area contributed by atoms with Crippen LogP contribution in [0.1, 0.15) is 46.0 Å². The molecule has 1 N–H and O–H groups in total. The van der Waals surface area contributed by atoms with Crippen LogP contribution in [-0.4, -0.2) is 37.1 Å². The Morgan fingerprint density at radius 2 is 1.93 bits per heavy atom. The molecule has 1 atom stereocenters. The van der Waals surface area contributed by atoms with E-state index in [0.29, 0.717) is 0 Å². The fraction of sp³-hybridized carbons (Fsp3) is 1.00. The van der Waals surface area contributed by atoms with Gasteiger partial charge in [-0.05, 0) is 45.8 Å². The van der Waals surface area contributed by atoms with E-state index in [9.17, 15) is 0 Å². The minimum Gasteiger partial charge on any atom is -0.315 e. The number of unbranched alkanes of at least 4 members (excludes halogenated alkanes) is 2. The van der Waals surface area contributed by atoms with Crippen LogP contribution in [0.2, 0.25) is 0 Å². The molecule has 0 aromatic carbocycles. The van der Waals surface area contributed by atoms with Crippen molar-refractivity contribution < 1.29 is 0 Å². The second-order valence-electron chi connectivity index (χ2n) is 4.50. The zero-order chi connectivity index (χ0) is 10.2. The van der Waals surface area contributed by atoms with Gasteiger partial charge in [-0.1, -0.05) is 19.8 Å². The standard InChI is InChI=1S/C12H26N2/c1-3-4-5-8-13-11-12(2)14-9-6-7-10-14/h12-13H,3-11H2,1-2H3. The lowest BCUT2D eigenvalue weighted by molar-refractivity contribution is 0.252. The van der Waals surface area contributed by atoms with Crippen molar-refractivity contribution in [3.63, 3.8) is 0 Å². The van der Waals surface area contributed by atoms with Gasteiger partial charge in [-0.25, -0.2) is 0 Å². The van der Waals surface area contributed by atoms with E-state index in [1.165, 1.54) is 58.3 Å². The minimum atomic E-state index is 0.735. The van der Waals surface area contributed by atoms with Crippen molar-refractivity contribution in [2.45, 2.75) is 52.0 Å². The molecule has 1 rings (SSSR count). The summed E-state index contributed by atoms with van der Waals surface area (Å²) in [6, 6.07) is 0.735. The van der Waals surface area contributed by atoms with Gasteiger partial charge in [0.05, 0.1) is 0 Å². The molecule has 2 heteroatoms. The number of nitrogens with one attached hydrogen (secondary N) is 1. The second kappa shape index (κ2) is 7.24. The topological polar surface area (TPSA) is 15.3 Å². The highest BCUT2D eigenvalue weighted by Gasteiger charge is 2.16. The van der Waals surface area contributed by atoms with Crippen LogP contribution in [0.3, 0.4) is 0 Å². The summed E-state index contributed by atoms with van der Waals surface area (Å²) in [5.41, 5.74) is 0. The maximum Gasteiger partial charge on any atom is 0.0192 e. The molecular formula is C12H26N2. The Balaban J connectivity index is 1.94. The van der Waals surface area contributed by atoms with Gasteiger partial charge in [0.2, 0.25) is 0 Å². The molecule has 1 fully saturated rings. The van der Waals surface area contributed by atoms with Crippen molar-refractivity contribution in [2.24, 2.45) is 0 Å². The number of hydrogen-bond donors (Lipinski definition) is 1. The number of nitrogens with zero attached hydrogens (tertiary/aromatic N) is 1. The van der Waals surface area contributed by atoms with Crippen molar-refractivity contribution in [1.82, 2.24) is 10.2 Å². The largest absolute Gasteiger partial charge is 0.315 e. The molecule has 0 saturated carbocycles. The lowest BCUT2D eigenvalue weighted by Crippen LogP contribution is -2.38. The monoisotopic (exact) mass is 198 g/mol. The molecule has 1 heterocycles. The molecule has 1 unspecified atom stereocenters. The Bertz CT molecular complexity index is 130. The molecule has 0 bridgehead atoms. The van der Waals surface area contributed by atoms with Gasteiger partial charge in [0.25, 0.3) is 0 Å². The molecular weight excluding hydrogens is 172 g/mol. The maximum atomic E-state index is 3.56. The van der Waals surface area contributed by atoms with Crippen molar-refractivity contribution >= 4 is 0 Å². The first kappa shape index (κ1) is 12.0. The normalized spacial score (nSPS) is 20.1. The van der Waals surface area contributed by atoms with Crippen molar-refractivity contribution in [3.8, 4) is 0 Å². The van der Waals surface area contributed by atoms with Gasteiger partial charge in [0, 0.05) is 12.6 Å². The first-order valence-corrected chi connectivity index (χ1v) is 6.29. The molecule has 0 amide bonds. The zero-order valence-corrected chi connectivity index (χ0v) is 9.89. The zero-order valence-electron chi connectivity index (χ0n) is 9.89. The Labute approximate surface area is 89.1 Å². The molecule has 0 aliphatic carbocycles. The second-order valence-corrected chi connectivity index (χ2v) is 4.50. The maximum absolute atomic E-state index is 3.56. The lowest BCUT2D eigenvalue weighted by atomic mass is 10.2. The predicted molar refractivity (Wildman–Crippen MR) is 62.7 cm³/mol. The van der Waals surface area contributed by atoms with Crippen LogP contribution in [0.5, 0.6) is 0 Å². The highest BCUT2D eigenvalue weighted by atomic mass is 15.2. The van der Waals surface area contributed by atoms with Crippen LogP contribution >= 0.6 is 0 Å². The van der Waals surface area contributed by atoms with Gasteiger partial charge in [-0.15, -0.1) is 0 Å². The van der Waals surface area contributed by atoms with E-state index in [1.54, 1.807) is 0 Å². The number of likely N-dealkylation sites (tertiary alicyclic amines) is 1. The summed E-state index contributed by atoms with van der Waals surface area (Å²) in [5.74, 6) is 0. The minimum absolute atomic E-state index is 0.735. The molecule has 1 saturated heterocycles. The van der Waals surface area contributed by atoms with Gasteiger partial charge in [-0.2, -0.15) is 0 Å². The average Bonchev–Trinajstić information content (AvgIpc) is 2.70. The first-order chi connectivity index (χ1) is 6.84. The molecule has 2 nitrogen and oxygen atoms in total. The van der Waals surface area contributed by atoms with Crippen LogP contribution in [0.25, 0.3) is 0 Å². The lowest BCUT2D eigenvalue weighted by Gasteiger charge is -2.23. The van der Waals surface area contributed by atoms with Gasteiger partial charge in [0.1, 0.15) is 0 Å². The third kappa shape index (κ3) is 4.43. The summed E-state index contributed by atoms with van der Waals surface area (Å²) in [7, 11) is 0. The third-order valence-electron chi connectivity index (χ3n) is 3.16. The summed E-state index contributed by atoms with van der Waals surface area (Å²) >= 11 is 0. The van der Waals surface area contributed by atoms with Crippen LogP contribution in [0, 0.1) is 0 Å². The Morgan fingerprint density at radius 3 is 2.57 bits per heavy atom. The fourth-order valence-corrected chi connectivity index (χ4v) is 2.12. The van der Waals surface area contributed by atoms with Gasteiger partial charge in [-0.3, -0.25) is 4.90 Å². The van der Waals surface area contributed by atoms with E-state index in [0.717, 1.165) is 6.04 Å². The highest BCUT2D eigenvalue weighted by molar-refractivity contribution is 4.74. The Morgan fingerprint density at radius 1 is 1.21 bits per heavy atom. The average molecular weight is 198 g/mol. The summed E-state index contributed by atoms with van der Waals surface area (Å²) in [6.07, 6.45) is 6.83. The van der Waals surface area contributed by atoms with Crippen LogP contribution < -0.4 is 5.32 Å². The van der Waals surface area contributed by atoms with E-state index >= 15 is 0 Å². The van der Waals surface area contributed by atoms with Gasteiger partial charge < -0.3 is 5.32 Å². The smallest absolute Gasteiger partial charge is 0.0192 e. The molecule has 0 aromatic rings. The fourth-order valence-electron chi connectivity index (χ4n) is 2.12. The summed E-state index contributed by atoms with van der Waals surface area (Å²) in [4.78, 5) is 2.60. The Kier molecular flexibility index (Phi) is 6.20. The van der Waals surface area contributed by atoms with Crippen LogP contribution in [0.15, 0.2) is 0 Å². The third-order valence-corrected chi connectivity index (χ3v) is 3.16. The molecule has 84 valence electrons. The van der Waals surface area contributed by atoms with E-state index < -0.39 is 0 Å². The summed E-state index contributed by atoms with van der Waals surface area (Å²) in [5, 5.41) is 3.56. The van der Waals surface area contributed by atoms with E-state index in [-0.39, 0.29) is 0 Å². The first-order valence-electron chi connectivity index (χ1n) is 6.29. The SMILES string of the molecule is CCCCCNCC(C)N1CCCC1. The molecule has 0 aromatic heterocycles. The van der Waals surface area contributed by atoms with E-state index in [1.807, 2.05) is 0 Å². The molecule has 1 aliphatic rings. The Hall–Kier alpha value is -0.0800. The van der Waals surface area contributed by atoms with Crippen LogP contribution in [-0.2, 0) is 0 Å². The van der Waals surface area contributed by atoms with Gasteiger partial charge >= 0.3 is 0 Å². The predicted octanol–water partition coefficient (Wildman–Crippen LogP) is 2.25. The molecule has 14 heavy (non-hydrogen) atoms. The molecule has 0 spiro atoms.